The number of carbonyl (C=O) groups excluding carboxylic acids is 2. The molecule has 25 heavy (non-hydrogen) atoms. The van der Waals surface area contributed by atoms with E-state index in [0.717, 1.165) is 12.2 Å². The number of nitrogen functional groups attached to an aromatic ring is 1. The summed E-state index contributed by atoms with van der Waals surface area (Å²) in [4.78, 5) is 34.3. The number of carboxylic acid groups (broad SMARTS) is 1. The zero-order valence-corrected chi connectivity index (χ0v) is 16.4. The van der Waals surface area contributed by atoms with Gasteiger partial charge in [-0.3, -0.25) is 14.4 Å². The quantitative estimate of drug-likeness (QED) is 0.163. The highest BCUT2D eigenvalue weighted by Crippen LogP contribution is 2.20. The van der Waals surface area contributed by atoms with Crippen LogP contribution in [0, 0.1) is 0 Å². The number of thioether (sulfide) groups is 1. The summed E-state index contributed by atoms with van der Waals surface area (Å²) in [7, 11) is 0. The first-order chi connectivity index (χ1) is 11.9. The molecule has 8 nitrogen and oxygen atoms in total. The summed E-state index contributed by atoms with van der Waals surface area (Å²) in [5.74, 6) is -0.855. The third-order valence-electron chi connectivity index (χ3n) is 2.88. The van der Waals surface area contributed by atoms with Gasteiger partial charge in [0.05, 0.1) is 21.7 Å². The number of anilines is 2. The van der Waals surface area contributed by atoms with E-state index in [2.05, 4.69) is 33.2 Å². The smallest absolute Gasteiger partial charge is 0.322 e. The van der Waals surface area contributed by atoms with Gasteiger partial charge in [-0.2, -0.15) is 11.8 Å². The zero-order chi connectivity index (χ0) is 18.7. The fourth-order valence-corrected chi connectivity index (χ4v) is 2.77. The van der Waals surface area contributed by atoms with Gasteiger partial charge in [0.25, 0.3) is 5.91 Å². The Morgan fingerprint density at radius 1 is 1.32 bits per heavy atom. The first-order valence-corrected chi connectivity index (χ1v) is 10.0. The average Bonchev–Trinajstić information content (AvgIpc) is 2.57. The van der Waals surface area contributed by atoms with Gasteiger partial charge >= 0.3 is 5.97 Å². The average molecular weight is 481 g/mol. The number of rotatable bonds is 11. The summed E-state index contributed by atoms with van der Waals surface area (Å²) >= 11 is 3.61. The first kappa shape index (κ1) is 21.5. The predicted octanol–water partition coefficient (Wildman–Crippen LogP) is 1.55. The summed E-state index contributed by atoms with van der Waals surface area (Å²) in [5, 5.41) is 13.5. The van der Waals surface area contributed by atoms with Gasteiger partial charge < -0.3 is 26.2 Å². The van der Waals surface area contributed by atoms with Gasteiger partial charge in [0, 0.05) is 12.2 Å². The molecule has 2 amide bonds. The van der Waals surface area contributed by atoms with Crippen LogP contribution < -0.4 is 16.4 Å². The number of aliphatic carboxylic acids is 1. The van der Waals surface area contributed by atoms with Crippen LogP contribution in [0.25, 0.3) is 0 Å². The minimum atomic E-state index is -1.14. The summed E-state index contributed by atoms with van der Waals surface area (Å²) in [6, 6.07) is 4.37. The second kappa shape index (κ2) is 11.9. The van der Waals surface area contributed by atoms with Gasteiger partial charge in [-0.05, 0) is 30.4 Å². The van der Waals surface area contributed by atoms with Crippen LogP contribution >= 0.6 is 34.4 Å². The number of benzene rings is 1. The minimum absolute atomic E-state index is 0.217. The Morgan fingerprint density at radius 2 is 2.08 bits per heavy atom. The molecule has 0 aliphatic heterocycles. The summed E-state index contributed by atoms with van der Waals surface area (Å²) < 4.78 is 5.86. The van der Waals surface area contributed by atoms with Gasteiger partial charge in [-0.15, -0.1) is 0 Å². The zero-order valence-electron chi connectivity index (χ0n) is 13.4. The summed E-state index contributed by atoms with van der Waals surface area (Å²) in [6.45, 7) is 0.181. The third-order valence-corrected chi connectivity index (χ3v) is 4.36. The standard InChI is InChI=1S/C15H20IN3O5S/c16-9-24-4-1-5-25-8-13(20)19-12-6-10(2-3-11(12)17)15(23)18-7-14(21)22/h2-3,6H,1,4-5,7-9,17H2,(H,18,23)(H,19,20)(H,21,22). The van der Waals surface area contributed by atoms with Crippen molar-refractivity contribution in [1.29, 1.82) is 0 Å². The molecule has 0 bridgehead atoms. The fraction of sp³-hybridized carbons (Fsp3) is 0.400. The van der Waals surface area contributed by atoms with Crippen LogP contribution in [0.1, 0.15) is 16.8 Å². The van der Waals surface area contributed by atoms with Crippen molar-refractivity contribution in [3.63, 3.8) is 0 Å². The SMILES string of the molecule is Nc1ccc(C(=O)NCC(=O)O)cc1NC(=O)CSCCCOCI. The van der Waals surface area contributed by atoms with E-state index in [1.54, 1.807) is 0 Å². The summed E-state index contributed by atoms with van der Waals surface area (Å²) in [5.41, 5.74) is 6.67. The molecule has 0 saturated carbocycles. The van der Waals surface area contributed by atoms with Crippen molar-refractivity contribution in [2.75, 3.05) is 40.3 Å². The highest BCUT2D eigenvalue weighted by molar-refractivity contribution is 14.1. The highest BCUT2D eigenvalue weighted by atomic mass is 127. The highest BCUT2D eigenvalue weighted by Gasteiger charge is 2.11. The van der Waals surface area contributed by atoms with Crippen molar-refractivity contribution in [3.8, 4) is 0 Å². The van der Waals surface area contributed by atoms with Crippen LogP contribution in [-0.2, 0) is 14.3 Å². The molecule has 10 heteroatoms. The molecule has 0 radical (unpaired) electrons. The Hall–Kier alpha value is -1.53. The number of nitrogens with one attached hydrogen (secondary N) is 2. The third kappa shape index (κ3) is 8.93. The number of nitrogens with two attached hydrogens (primary N) is 1. The normalized spacial score (nSPS) is 10.3. The van der Waals surface area contributed by atoms with E-state index in [1.807, 2.05) is 0 Å². The van der Waals surface area contributed by atoms with E-state index in [4.69, 9.17) is 15.6 Å². The van der Waals surface area contributed by atoms with Crippen LogP contribution in [0.15, 0.2) is 18.2 Å². The molecule has 1 rings (SSSR count). The van der Waals surface area contributed by atoms with Gasteiger partial charge in [-0.1, -0.05) is 22.6 Å². The predicted molar refractivity (Wildman–Crippen MR) is 106 cm³/mol. The Kier molecular flexibility index (Phi) is 10.3. The van der Waals surface area contributed by atoms with Crippen LogP contribution in [0.3, 0.4) is 0 Å². The Bertz CT molecular complexity index is 615. The number of halogens is 1. The maximum Gasteiger partial charge on any atom is 0.322 e. The maximum atomic E-state index is 12.0. The van der Waals surface area contributed by atoms with Crippen molar-refractivity contribution >= 4 is 63.5 Å². The molecule has 0 fully saturated rings. The number of alkyl halides is 1. The second-order valence-corrected chi connectivity index (χ2v) is 6.58. The lowest BCUT2D eigenvalue weighted by atomic mass is 10.1. The van der Waals surface area contributed by atoms with E-state index in [-0.39, 0.29) is 17.2 Å². The van der Waals surface area contributed by atoms with Crippen molar-refractivity contribution in [2.24, 2.45) is 0 Å². The van der Waals surface area contributed by atoms with E-state index < -0.39 is 18.4 Å². The van der Waals surface area contributed by atoms with Crippen LogP contribution in [0.4, 0.5) is 11.4 Å². The molecule has 138 valence electrons. The number of hydrogen-bond acceptors (Lipinski definition) is 6. The molecule has 0 aromatic heterocycles. The lowest BCUT2D eigenvalue weighted by Gasteiger charge is -2.10. The Morgan fingerprint density at radius 3 is 2.76 bits per heavy atom. The van der Waals surface area contributed by atoms with Crippen molar-refractivity contribution in [1.82, 2.24) is 5.32 Å². The Balaban J connectivity index is 2.51. The molecule has 5 N–H and O–H groups in total. The second-order valence-electron chi connectivity index (χ2n) is 4.85. The molecule has 0 heterocycles. The molecule has 0 saturated heterocycles. The monoisotopic (exact) mass is 481 g/mol. The number of amides is 2. The number of carboxylic acids is 1. The maximum absolute atomic E-state index is 12.0. The molecular weight excluding hydrogens is 461 g/mol. The fourth-order valence-electron chi connectivity index (χ4n) is 1.73. The molecule has 0 atom stereocenters. The molecule has 0 aliphatic carbocycles. The summed E-state index contributed by atoms with van der Waals surface area (Å²) in [6.07, 6.45) is 0.863. The molecule has 0 spiro atoms. The molecule has 0 aliphatic rings. The van der Waals surface area contributed by atoms with Crippen molar-refractivity contribution in [3.05, 3.63) is 23.8 Å². The lowest BCUT2D eigenvalue weighted by Crippen LogP contribution is -2.29. The van der Waals surface area contributed by atoms with Crippen LogP contribution in [-0.4, -0.2) is 52.2 Å². The van der Waals surface area contributed by atoms with Gasteiger partial charge in [0.2, 0.25) is 5.91 Å². The largest absolute Gasteiger partial charge is 0.480 e. The van der Waals surface area contributed by atoms with Crippen molar-refractivity contribution in [2.45, 2.75) is 6.42 Å². The van der Waals surface area contributed by atoms with Gasteiger partial charge in [-0.25, -0.2) is 0 Å². The molecular formula is C15H20IN3O5S. The van der Waals surface area contributed by atoms with E-state index in [1.165, 1.54) is 30.0 Å². The lowest BCUT2D eigenvalue weighted by molar-refractivity contribution is -0.135. The topological polar surface area (TPSA) is 131 Å². The van der Waals surface area contributed by atoms with E-state index in [9.17, 15) is 14.4 Å². The first-order valence-electron chi connectivity index (χ1n) is 7.35. The van der Waals surface area contributed by atoms with E-state index >= 15 is 0 Å². The number of ether oxygens (including phenoxy) is 1. The van der Waals surface area contributed by atoms with Gasteiger partial charge in [0.1, 0.15) is 6.54 Å². The Labute approximate surface area is 163 Å². The van der Waals surface area contributed by atoms with Crippen LogP contribution in [0.5, 0.6) is 0 Å². The number of carbonyl (C=O) groups is 3. The minimum Gasteiger partial charge on any atom is -0.480 e. The van der Waals surface area contributed by atoms with Crippen LogP contribution in [0.2, 0.25) is 0 Å². The van der Waals surface area contributed by atoms with Crippen molar-refractivity contribution < 1.29 is 24.2 Å². The molecule has 0 unspecified atom stereocenters. The van der Waals surface area contributed by atoms with Gasteiger partial charge in [0.15, 0.2) is 0 Å². The molecule has 1 aromatic carbocycles. The molecule has 1 aromatic rings. The number of hydrogen-bond donors (Lipinski definition) is 4. The van der Waals surface area contributed by atoms with E-state index in [0.29, 0.717) is 22.6 Å².